The number of aromatic nitrogens is 2. The summed E-state index contributed by atoms with van der Waals surface area (Å²) in [5, 5.41) is 13.6. The van der Waals surface area contributed by atoms with Crippen LogP contribution in [0.15, 0.2) is 29.4 Å². The summed E-state index contributed by atoms with van der Waals surface area (Å²) in [6.45, 7) is 4.37. The highest BCUT2D eigenvalue weighted by molar-refractivity contribution is 7.99. The minimum atomic E-state index is -0.306. The van der Waals surface area contributed by atoms with Gasteiger partial charge >= 0.3 is 0 Å². The first-order chi connectivity index (χ1) is 12.1. The second kappa shape index (κ2) is 7.83. The maximum Gasteiger partial charge on any atom is 0.190 e. The van der Waals surface area contributed by atoms with Gasteiger partial charge in [0.1, 0.15) is 23.3 Å². The van der Waals surface area contributed by atoms with Crippen LogP contribution < -0.4 is 5.32 Å². The van der Waals surface area contributed by atoms with Crippen molar-refractivity contribution < 1.29 is 4.39 Å². The number of hydrogen-bond acceptors (Lipinski definition) is 5. The monoisotopic (exact) mass is 356 g/mol. The van der Waals surface area contributed by atoms with E-state index >= 15 is 0 Å². The van der Waals surface area contributed by atoms with Crippen LogP contribution in [0.4, 0.5) is 10.2 Å². The lowest BCUT2D eigenvalue weighted by Gasteiger charge is -2.12. The summed E-state index contributed by atoms with van der Waals surface area (Å²) < 4.78 is 13.3. The van der Waals surface area contributed by atoms with Gasteiger partial charge in [0.2, 0.25) is 0 Å². The average Bonchev–Trinajstić information content (AvgIpc) is 3.39. The zero-order chi connectivity index (χ0) is 17.8. The third-order valence-electron chi connectivity index (χ3n) is 3.96. The Balaban J connectivity index is 1.97. The quantitative estimate of drug-likeness (QED) is 0.567. The molecular weight excluding hydrogens is 335 g/mol. The minimum absolute atomic E-state index is 0.306. The Morgan fingerprint density at radius 2 is 2.00 bits per heavy atom. The average molecular weight is 356 g/mol. The molecule has 1 aromatic carbocycles. The Morgan fingerprint density at radius 1 is 1.28 bits per heavy atom. The van der Waals surface area contributed by atoms with Crippen molar-refractivity contribution in [1.82, 2.24) is 9.97 Å². The molecule has 0 saturated heterocycles. The molecule has 0 radical (unpaired) electrons. The number of nitrogens with zero attached hydrogens (tertiary/aromatic N) is 3. The first kappa shape index (κ1) is 17.7. The van der Waals surface area contributed by atoms with Crippen molar-refractivity contribution in [3.8, 4) is 17.3 Å². The molecule has 3 rings (SSSR count). The van der Waals surface area contributed by atoms with Crippen molar-refractivity contribution in [2.24, 2.45) is 5.92 Å². The van der Waals surface area contributed by atoms with E-state index in [-0.39, 0.29) is 5.82 Å². The minimum Gasteiger partial charge on any atom is -0.366 e. The van der Waals surface area contributed by atoms with Crippen LogP contribution in [0.2, 0.25) is 0 Å². The van der Waals surface area contributed by atoms with E-state index in [4.69, 9.17) is 0 Å². The molecule has 1 heterocycles. The fourth-order valence-corrected chi connectivity index (χ4v) is 3.42. The fourth-order valence-electron chi connectivity index (χ4n) is 2.34. The van der Waals surface area contributed by atoms with Gasteiger partial charge in [-0.15, -0.1) is 0 Å². The van der Waals surface area contributed by atoms with Crippen LogP contribution in [-0.4, -0.2) is 21.8 Å². The molecule has 0 atom stereocenters. The Bertz CT molecular complexity index is 779. The molecule has 1 N–H and O–H groups in total. The van der Waals surface area contributed by atoms with Crippen molar-refractivity contribution in [3.05, 3.63) is 35.6 Å². The second-order valence-corrected chi connectivity index (χ2v) is 7.71. The number of nitrogens with one attached hydrogen (secondary N) is 1. The molecule has 25 heavy (non-hydrogen) atoms. The van der Waals surface area contributed by atoms with Crippen molar-refractivity contribution >= 4 is 17.6 Å². The summed E-state index contributed by atoms with van der Waals surface area (Å²) in [5.41, 5.74) is 1.71. The van der Waals surface area contributed by atoms with Gasteiger partial charge in [-0.2, -0.15) is 5.26 Å². The lowest BCUT2D eigenvalue weighted by molar-refractivity contribution is 0.628. The number of thioether (sulfide) groups is 1. The second-order valence-electron chi connectivity index (χ2n) is 6.65. The topological polar surface area (TPSA) is 61.6 Å². The number of nitriles is 1. The number of hydrogen-bond donors (Lipinski definition) is 1. The molecule has 1 fully saturated rings. The van der Waals surface area contributed by atoms with Crippen LogP contribution >= 0.6 is 11.8 Å². The fraction of sp³-hybridized carbons (Fsp3) is 0.421. The van der Waals surface area contributed by atoms with Gasteiger partial charge < -0.3 is 5.32 Å². The third-order valence-corrected chi connectivity index (χ3v) is 4.84. The van der Waals surface area contributed by atoms with E-state index in [2.05, 4.69) is 35.2 Å². The highest BCUT2D eigenvalue weighted by Crippen LogP contribution is 2.32. The van der Waals surface area contributed by atoms with Gasteiger partial charge in [-0.25, -0.2) is 14.4 Å². The molecule has 2 aromatic rings. The van der Waals surface area contributed by atoms with Crippen LogP contribution in [0, 0.1) is 23.1 Å². The summed E-state index contributed by atoms with van der Waals surface area (Å²) in [6, 6.07) is 8.69. The largest absolute Gasteiger partial charge is 0.366 e. The van der Waals surface area contributed by atoms with Gasteiger partial charge in [0.15, 0.2) is 5.16 Å². The first-order valence-electron chi connectivity index (χ1n) is 8.54. The third kappa shape index (κ3) is 4.70. The summed E-state index contributed by atoms with van der Waals surface area (Å²) >= 11 is 1.60. The number of anilines is 1. The van der Waals surface area contributed by atoms with E-state index in [9.17, 15) is 9.65 Å². The predicted octanol–water partition coefficient (Wildman–Crippen LogP) is 4.87. The summed E-state index contributed by atoms with van der Waals surface area (Å²) in [5.74, 6) is 1.83. The van der Waals surface area contributed by atoms with E-state index < -0.39 is 0 Å². The van der Waals surface area contributed by atoms with Crippen LogP contribution in [-0.2, 0) is 0 Å². The van der Waals surface area contributed by atoms with Gasteiger partial charge in [-0.1, -0.05) is 25.6 Å². The van der Waals surface area contributed by atoms with Crippen molar-refractivity contribution in [2.45, 2.75) is 44.3 Å². The predicted molar refractivity (Wildman–Crippen MR) is 99.0 cm³/mol. The number of benzene rings is 1. The molecule has 0 unspecified atom stereocenters. The molecule has 130 valence electrons. The smallest absolute Gasteiger partial charge is 0.190 e. The molecule has 4 nitrogen and oxygen atoms in total. The van der Waals surface area contributed by atoms with E-state index in [1.165, 1.54) is 12.1 Å². The number of halogens is 1. The molecule has 6 heteroatoms. The van der Waals surface area contributed by atoms with E-state index in [1.54, 1.807) is 23.9 Å². The van der Waals surface area contributed by atoms with Crippen molar-refractivity contribution in [2.75, 3.05) is 11.1 Å². The first-order valence-corrected chi connectivity index (χ1v) is 9.52. The van der Waals surface area contributed by atoms with Gasteiger partial charge in [0.05, 0.1) is 5.69 Å². The lowest BCUT2D eigenvalue weighted by atomic mass is 10.1. The molecule has 0 amide bonds. The van der Waals surface area contributed by atoms with E-state index in [1.807, 2.05) is 0 Å². The summed E-state index contributed by atoms with van der Waals surface area (Å²) in [4.78, 5) is 9.16. The molecule has 0 aliphatic heterocycles. The molecule has 0 spiro atoms. The molecular formula is C19H21FN4S. The normalized spacial score (nSPS) is 13.7. The summed E-state index contributed by atoms with van der Waals surface area (Å²) in [6.07, 6.45) is 3.26. The van der Waals surface area contributed by atoms with E-state index in [0.29, 0.717) is 34.2 Å². The Labute approximate surface area is 151 Å². The van der Waals surface area contributed by atoms with Crippen molar-refractivity contribution in [1.29, 1.82) is 5.26 Å². The van der Waals surface area contributed by atoms with Crippen LogP contribution in [0.3, 0.4) is 0 Å². The van der Waals surface area contributed by atoms with Gasteiger partial charge in [-0.05, 0) is 49.4 Å². The van der Waals surface area contributed by atoms with Crippen LogP contribution in [0.25, 0.3) is 11.3 Å². The molecule has 1 aromatic heterocycles. The molecule has 1 aliphatic carbocycles. The van der Waals surface area contributed by atoms with Gasteiger partial charge in [-0.3, -0.25) is 0 Å². The highest BCUT2D eigenvalue weighted by atomic mass is 32.2. The molecule has 1 aliphatic rings. The van der Waals surface area contributed by atoms with Crippen LogP contribution in [0.5, 0.6) is 0 Å². The summed E-state index contributed by atoms with van der Waals surface area (Å²) in [7, 11) is 0. The Hall–Kier alpha value is -2.13. The molecule has 1 saturated carbocycles. The maximum atomic E-state index is 13.3. The van der Waals surface area contributed by atoms with Crippen molar-refractivity contribution in [3.63, 3.8) is 0 Å². The van der Waals surface area contributed by atoms with Crippen LogP contribution in [0.1, 0.15) is 38.7 Å². The Kier molecular flexibility index (Phi) is 5.54. The standard InChI is InChI=1S/C19H21FN4S/c1-12(2)9-10-25-19-23-17(13-3-5-14(20)6-4-13)16(11-21)18(24-19)22-15-7-8-15/h3-6,12,15H,7-10H2,1-2H3,(H,22,23,24). The Morgan fingerprint density at radius 3 is 2.60 bits per heavy atom. The van der Waals surface area contributed by atoms with Gasteiger partial charge in [0, 0.05) is 17.4 Å². The molecule has 0 bridgehead atoms. The lowest BCUT2D eigenvalue weighted by Crippen LogP contribution is -2.09. The number of rotatable bonds is 7. The van der Waals surface area contributed by atoms with E-state index in [0.717, 1.165) is 30.6 Å². The zero-order valence-electron chi connectivity index (χ0n) is 14.4. The van der Waals surface area contributed by atoms with Gasteiger partial charge in [0.25, 0.3) is 0 Å². The zero-order valence-corrected chi connectivity index (χ0v) is 15.2. The highest BCUT2D eigenvalue weighted by Gasteiger charge is 2.25. The SMILES string of the molecule is CC(C)CCSc1nc(NC2CC2)c(C#N)c(-c2ccc(F)cc2)n1. The maximum absolute atomic E-state index is 13.3.